The van der Waals surface area contributed by atoms with Crippen LogP contribution >= 0.6 is 0 Å². The maximum absolute atomic E-state index is 13.4. The van der Waals surface area contributed by atoms with Crippen LogP contribution in [-0.2, 0) is 0 Å². The van der Waals surface area contributed by atoms with E-state index in [0.29, 0.717) is 5.56 Å². The summed E-state index contributed by atoms with van der Waals surface area (Å²) in [4.78, 5) is 22.2. The first-order valence-electron chi connectivity index (χ1n) is 6.00. The second kappa shape index (κ2) is 5.58. The number of hydrogen-bond donors (Lipinski definition) is 2. The average molecular weight is 289 g/mol. The highest BCUT2D eigenvalue weighted by atomic mass is 19.1. The van der Waals surface area contributed by atoms with Gasteiger partial charge in [-0.15, -0.1) is 0 Å². The Morgan fingerprint density at radius 1 is 1.33 bits per heavy atom. The van der Waals surface area contributed by atoms with Crippen LogP contribution < -0.4 is 11.1 Å². The molecule has 3 N–H and O–H groups in total. The third-order valence-electron chi connectivity index (χ3n) is 2.95. The van der Waals surface area contributed by atoms with Crippen LogP contribution in [-0.4, -0.2) is 10.8 Å². The van der Waals surface area contributed by atoms with Gasteiger partial charge in [-0.3, -0.25) is 14.9 Å². The molecule has 0 aliphatic carbocycles. The molecule has 0 unspecified atom stereocenters. The summed E-state index contributed by atoms with van der Waals surface area (Å²) in [6.45, 7) is 1.60. The number of nitro groups is 1. The number of benzene rings is 2. The van der Waals surface area contributed by atoms with Crippen LogP contribution in [0.5, 0.6) is 0 Å². The second-order valence-corrected chi connectivity index (χ2v) is 4.41. The quantitative estimate of drug-likeness (QED) is 0.515. The molecule has 0 radical (unpaired) electrons. The number of nitrogens with one attached hydrogen (secondary N) is 1. The third kappa shape index (κ3) is 2.97. The van der Waals surface area contributed by atoms with E-state index >= 15 is 0 Å². The number of nitrogen functional groups attached to an aromatic ring is 1. The van der Waals surface area contributed by atoms with Crippen molar-refractivity contribution in [2.75, 3.05) is 11.1 Å². The van der Waals surface area contributed by atoms with Crippen molar-refractivity contribution in [2.24, 2.45) is 0 Å². The van der Waals surface area contributed by atoms with Gasteiger partial charge in [0, 0.05) is 11.8 Å². The van der Waals surface area contributed by atoms with Crippen molar-refractivity contribution in [1.82, 2.24) is 0 Å². The van der Waals surface area contributed by atoms with Gasteiger partial charge in [0.15, 0.2) is 0 Å². The smallest absolute Gasteiger partial charge is 0.292 e. The number of carbonyl (C=O) groups excluding carboxylic acids is 1. The molecule has 0 aliphatic rings. The highest BCUT2D eigenvalue weighted by molar-refractivity contribution is 6.08. The Hall–Kier alpha value is -2.96. The molecule has 0 aromatic heterocycles. The molecule has 7 heteroatoms. The first kappa shape index (κ1) is 14.4. The summed E-state index contributed by atoms with van der Waals surface area (Å²) in [6, 6.07) is 8.14. The number of carbonyl (C=O) groups is 1. The van der Waals surface area contributed by atoms with Gasteiger partial charge in [0.2, 0.25) is 0 Å². The lowest BCUT2D eigenvalue weighted by atomic mass is 10.1. The topological polar surface area (TPSA) is 98.3 Å². The molecule has 0 fully saturated rings. The van der Waals surface area contributed by atoms with Crippen molar-refractivity contribution in [1.29, 1.82) is 0 Å². The predicted molar refractivity (Wildman–Crippen MR) is 76.6 cm³/mol. The Bertz CT molecular complexity index is 731. The number of aryl methyl sites for hydroxylation is 1. The van der Waals surface area contributed by atoms with Crippen molar-refractivity contribution >= 4 is 23.0 Å². The maximum Gasteiger partial charge on any atom is 0.292 e. The maximum atomic E-state index is 13.4. The Labute approximate surface area is 119 Å². The summed E-state index contributed by atoms with van der Waals surface area (Å²) in [7, 11) is 0. The van der Waals surface area contributed by atoms with Crippen molar-refractivity contribution in [3.05, 3.63) is 63.5 Å². The van der Waals surface area contributed by atoms with E-state index < -0.39 is 16.6 Å². The number of rotatable bonds is 3. The minimum absolute atomic E-state index is 0.0369. The van der Waals surface area contributed by atoms with Gasteiger partial charge in [0.05, 0.1) is 10.5 Å². The number of halogens is 1. The minimum atomic E-state index is -0.669. The Kier molecular flexibility index (Phi) is 3.84. The van der Waals surface area contributed by atoms with E-state index in [1.165, 1.54) is 36.4 Å². The largest absolute Gasteiger partial charge is 0.393 e. The number of amides is 1. The highest BCUT2D eigenvalue weighted by Gasteiger charge is 2.19. The summed E-state index contributed by atoms with van der Waals surface area (Å²) in [5.74, 6) is -1.10. The molecule has 0 heterocycles. The van der Waals surface area contributed by atoms with Crippen LogP contribution in [0, 0.1) is 22.9 Å². The molecule has 2 aromatic rings. The molecule has 21 heavy (non-hydrogen) atoms. The second-order valence-electron chi connectivity index (χ2n) is 4.41. The van der Waals surface area contributed by atoms with Crippen molar-refractivity contribution < 1.29 is 14.1 Å². The molecule has 0 aliphatic heterocycles. The molecule has 0 saturated heterocycles. The molecule has 0 saturated carbocycles. The fraction of sp³-hybridized carbons (Fsp3) is 0.0714. The highest BCUT2D eigenvalue weighted by Crippen LogP contribution is 2.25. The number of nitrogens with zero attached hydrogens (tertiary/aromatic N) is 1. The summed E-state index contributed by atoms with van der Waals surface area (Å²) < 4.78 is 13.4. The molecule has 0 atom stereocenters. The van der Waals surface area contributed by atoms with E-state index in [9.17, 15) is 19.3 Å². The van der Waals surface area contributed by atoms with Crippen LogP contribution in [0.1, 0.15) is 15.9 Å². The number of nitro benzene ring substituents is 1. The normalized spacial score (nSPS) is 10.2. The number of para-hydroxylation sites is 1. The molecular weight excluding hydrogens is 277 g/mol. The van der Waals surface area contributed by atoms with Crippen molar-refractivity contribution in [3.8, 4) is 0 Å². The van der Waals surface area contributed by atoms with E-state index in [4.69, 9.17) is 5.73 Å². The first-order valence-corrected chi connectivity index (χ1v) is 6.00. The summed E-state index contributed by atoms with van der Waals surface area (Å²) in [5, 5.41) is 13.2. The van der Waals surface area contributed by atoms with Gasteiger partial charge in [-0.25, -0.2) is 4.39 Å². The zero-order valence-electron chi connectivity index (χ0n) is 11.1. The molecule has 1 amide bonds. The van der Waals surface area contributed by atoms with Crippen LogP contribution in [0.4, 0.5) is 21.5 Å². The Morgan fingerprint density at radius 3 is 2.67 bits per heavy atom. The van der Waals surface area contributed by atoms with Gasteiger partial charge in [-0.2, -0.15) is 0 Å². The van der Waals surface area contributed by atoms with Crippen molar-refractivity contribution in [3.63, 3.8) is 0 Å². The van der Waals surface area contributed by atoms with E-state index in [0.717, 1.165) is 0 Å². The number of hydrogen-bond acceptors (Lipinski definition) is 4. The minimum Gasteiger partial charge on any atom is -0.393 e. The Morgan fingerprint density at radius 2 is 2.05 bits per heavy atom. The van der Waals surface area contributed by atoms with Gasteiger partial charge >= 0.3 is 0 Å². The Balaban J connectivity index is 2.30. The number of anilines is 2. The van der Waals surface area contributed by atoms with E-state index in [2.05, 4.69) is 5.32 Å². The van der Waals surface area contributed by atoms with E-state index in [-0.39, 0.29) is 22.6 Å². The molecule has 108 valence electrons. The fourth-order valence-corrected chi connectivity index (χ4v) is 1.78. The average Bonchev–Trinajstić information content (AvgIpc) is 2.42. The van der Waals surface area contributed by atoms with Crippen LogP contribution in [0.3, 0.4) is 0 Å². The van der Waals surface area contributed by atoms with E-state index in [1.54, 1.807) is 6.92 Å². The van der Waals surface area contributed by atoms with Gasteiger partial charge in [-0.05, 0) is 30.7 Å². The predicted octanol–water partition coefficient (Wildman–Crippen LogP) is 2.88. The molecule has 2 rings (SSSR count). The zero-order valence-corrected chi connectivity index (χ0v) is 11.1. The first-order chi connectivity index (χ1) is 9.90. The lowest BCUT2D eigenvalue weighted by Crippen LogP contribution is -2.15. The zero-order chi connectivity index (χ0) is 15.6. The van der Waals surface area contributed by atoms with Crippen LogP contribution in [0.2, 0.25) is 0 Å². The van der Waals surface area contributed by atoms with Gasteiger partial charge in [0.1, 0.15) is 11.5 Å². The lowest BCUT2D eigenvalue weighted by Gasteiger charge is -2.08. The van der Waals surface area contributed by atoms with Gasteiger partial charge in [0.25, 0.3) is 11.6 Å². The SMILES string of the molecule is Cc1ccc(NC(=O)c2cccc([N+](=O)[O-])c2N)cc1F. The lowest BCUT2D eigenvalue weighted by molar-refractivity contribution is -0.383. The molecule has 6 nitrogen and oxygen atoms in total. The van der Waals surface area contributed by atoms with Crippen molar-refractivity contribution in [2.45, 2.75) is 6.92 Å². The van der Waals surface area contributed by atoms with Gasteiger partial charge in [-0.1, -0.05) is 12.1 Å². The van der Waals surface area contributed by atoms with E-state index in [1.807, 2.05) is 0 Å². The molecule has 0 spiro atoms. The van der Waals surface area contributed by atoms with Gasteiger partial charge < -0.3 is 11.1 Å². The molecule has 2 aromatic carbocycles. The molecule has 0 bridgehead atoms. The summed E-state index contributed by atoms with van der Waals surface area (Å²) >= 11 is 0. The standard InChI is InChI=1S/C14H12FN3O3/c1-8-5-6-9(7-11(8)15)17-14(19)10-3-2-4-12(13(10)16)18(20)21/h2-7H,16H2,1H3,(H,17,19). The third-order valence-corrected chi connectivity index (χ3v) is 2.95. The van der Waals surface area contributed by atoms with Crippen LogP contribution in [0.25, 0.3) is 0 Å². The number of nitrogens with two attached hydrogens (primary N) is 1. The summed E-state index contributed by atoms with van der Waals surface area (Å²) in [6.07, 6.45) is 0. The monoisotopic (exact) mass is 289 g/mol. The van der Waals surface area contributed by atoms with Crippen LogP contribution in [0.15, 0.2) is 36.4 Å². The molecular formula is C14H12FN3O3. The summed E-state index contributed by atoms with van der Waals surface area (Å²) in [5.41, 5.74) is 5.69. The fourth-order valence-electron chi connectivity index (χ4n) is 1.78.